The number of amides is 3. The summed E-state index contributed by atoms with van der Waals surface area (Å²) in [6.07, 6.45) is 0.318. The number of nitrogens with zero attached hydrogens (tertiary/aromatic N) is 2. The van der Waals surface area contributed by atoms with E-state index >= 15 is 0 Å². The van der Waals surface area contributed by atoms with Crippen molar-refractivity contribution in [2.24, 2.45) is 5.41 Å². The standard InChI is InChI=1S/C24H24F3N3O3/c1-24(2,3)11-21(31)29-6-7-30-20(12-29)22(32)28-19-5-4-13(8-15(19)23(30)33)14-9-17(26)18(27)10-16(14)25/h4-5,8-10,20H,6-7,11-12H2,1-3H3,(H,28,32). The van der Waals surface area contributed by atoms with Crippen molar-refractivity contribution < 1.29 is 27.6 Å². The van der Waals surface area contributed by atoms with Gasteiger partial charge in [-0.15, -0.1) is 0 Å². The van der Waals surface area contributed by atoms with E-state index in [4.69, 9.17) is 0 Å². The number of carbonyl (C=O) groups is 3. The predicted molar refractivity (Wildman–Crippen MR) is 116 cm³/mol. The lowest BCUT2D eigenvalue weighted by Gasteiger charge is -2.40. The number of piperazine rings is 1. The first-order valence-corrected chi connectivity index (χ1v) is 10.6. The number of anilines is 1. The van der Waals surface area contributed by atoms with Crippen molar-refractivity contribution in [1.29, 1.82) is 0 Å². The molecule has 174 valence electrons. The van der Waals surface area contributed by atoms with Crippen LogP contribution in [0.3, 0.4) is 0 Å². The zero-order valence-electron chi connectivity index (χ0n) is 18.5. The molecule has 0 radical (unpaired) electrons. The predicted octanol–water partition coefficient (Wildman–Crippen LogP) is 3.81. The Labute approximate surface area is 189 Å². The topological polar surface area (TPSA) is 69.7 Å². The van der Waals surface area contributed by atoms with Crippen molar-refractivity contribution in [2.75, 3.05) is 25.0 Å². The average molecular weight is 459 g/mol. The summed E-state index contributed by atoms with van der Waals surface area (Å²) >= 11 is 0. The summed E-state index contributed by atoms with van der Waals surface area (Å²) < 4.78 is 41.3. The van der Waals surface area contributed by atoms with Gasteiger partial charge in [-0.2, -0.15) is 0 Å². The zero-order chi connectivity index (χ0) is 24.1. The summed E-state index contributed by atoms with van der Waals surface area (Å²) in [5.41, 5.74) is 0.109. The van der Waals surface area contributed by atoms with E-state index in [1.165, 1.54) is 23.1 Å². The molecular formula is C24H24F3N3O3. The van der Waals surface area contributed by atoms with Gasteiger partial charge >= 0.3 is 0 Å². The maximum atomic E-state index is 14.3. The molecule has 1 atom stereocenters. The van der Waals surface area contributed by atoms with Crippen LogP contribution in [0.25, 0.3) is 11.1 Å². The SMILES string of the molecule is CC(C)(C)CC(=O)N1CCN2C(=O)c3cc(-c4cc(F)c(F)cc4F)ccc3NC(=O)C2C1. The van der Waals surface area contributed by atoms with Gasteiger partial charge in [-0.25, -0.2) is 13.2 Å². The number of hydrogen-bond acceptors (Lipinski definition) is 3. The van der Waals surface area contributed by atoms with E-state index in [0.29, 0.717) is 12.5 Å². The molecule has 2 aromatic carbocycles. The number of benzene rings is 2. The van der Waals surface area contributed by atoms with Gasteiger partial charge in [-0.3, -0.25) is 14.4 Å². The first-order valence-electron chi connectivity index (χ1n) is 10.6. The Hall–Kier alpha value is -3.36. The van der Waals surface area contributed by atoms with Gasteiger partial charge in [0, 0.05) is 31.1 Å². The zero-order valence-corrected chi connectivity index (χ0v) is 18.5. The number of fused-ring (bicyclic) bond motifs is 2. The van der Waals surface area contributed by atoms with Gasteiger partial charge in [0.05, 0.1) is 17.8 Å². The number of rotatable bonds is 2. The van der Waals surface area contributed by atoms with Gasteiger partial charge in [0.1, 0.15) is 11.9 Å². The van der Waals surface area contributed by atoms with E-state index in [9.17, 15) is 27.6 Å². The molecule has 4 rings (SSSR count). The summed E-state index contributed by atoms with van der Waals surface area (Å²) in [7, 11) is 0. The third-order valence-electron chi connectivity index (χ3n) is 5.81. The van der Waals surface area contributed by atoms with Crippen molar-refractivity contribution in [1.82, 2.24) is 9.80 Å². The second kappa shape index (κ2) is 8.20. The molecule has 9 heteroatoms. The van der Waals surface area contributed by atoms with Crippen molar-refractivity contribution in [3.63, 3.8) is 0 Å². The van der Waals surface area contributed by atoms with Crippen molar-refractivity contribution in [3.8, 4) is 11.1 Å². The molecular weight excluding hydrogens is 435 g/mol. The Morgan fingerprint density at radius 1 is 1.00 bits per heavy atom. The van der Waals surface area contributed by atoms with Gasteiger partial charge in [-0.1, -0.05) is 26.8 Å². The van der Waals surface area contributed by atoms with Gasteiger partial charge < -0.3 is 15.1 Å². The maximum Gasteiger partial charge on any atom is 0.256 e. The molecule has 1 saturated heterocycles. The summed E-state index contributed by atoms with van der Waals surface area (Å²) in [5.74, 6) is -4.46. The minimum atomic E-state index is -1.31. The van der Waals surface area contributed by atoms with Crippen LogP contribution < -0.4 is 5.32 Å². The van der Waals surface area contributed by atoms with E-state index in [0.717, 1.165) is 6.07 Å². The smallest absolute Gasteiger partial charge is 0.256 e. The first kappa shape index (κ1) is 22.8. The number of hydrogen-bond donors (Lipinski definition) is 1. The second-order valence-corrected chi connectivity index (χ2v) is 9.59. The third kappa shape index (κ3) is 4.44. The maximum absolute atomic E-state index is 14.3. The Morgan fingerprint density at radius 2 is 1.70 bits per heavy atom. The second-order valence-electron chi connectivity index (χ2n) is 9.59. The molecule has 1 fully saturated rings. The minimum Gasteiger partial charge on any atom is -0.338 e. The molecule has 3 amide bonds. The van der Waals surface area contributed by atoms with Gasteiger partial charge in [-0.05, 0) is 29.2 Å². The third-order valence-corrected chi connectivity index (χ3v) is 5.81. The van der Waals surface area contributed by atoms with Crippen LogP contribution in [0.15, 0.2) is 30.3 Å². The van der Waals surface area contributed by atoms with Crippen molar-refractivity contribution in [2.45, 2.75) is 33.2 Å². The molecule has 6 nitrogen and oxygen atoms in total. The minimum absolute atomic E-state index is 0.0745. The number of halogens is 3. The Balaban J connectivity index is 1.64. The van der Waals surface area contributed by atoms with Gasteiger partial charge in [0.15, 0.2) is 11.6 Å². The summed E-state index contributed by atoms with van der Waals surface area (Å²) in [6, 6.07) is 4.52. The van der Waals surface area contributed by atoms with Gasteiger partial charge in [0.2, 0.25) is 11.8 Å². The fourth-order valence-electron chi connectivity index (χ4n) is 4.15. The van der Waals surface area contributed by atoms with Crippen molar-refractivity contribution >= 4 is 23.4 Å². The van der Waals surface area contributed by atoms with Crippen LogP contribution in [0.2, 0.25) is 0 Å². The fourth-order valence-corrected chi connectivity index (χ4v) is 4.15. The number of carbonyl (C=O) groups excluding carboxylic acids is 3. The highest BCUT2D eigenvalue weighted by Crippen LogP contribution is 2.32. The van der Waals surface area contributed by atoms with Crippen LogP contribution in [0.1, 0.15) is 37.6 Å². The highest BCUT2D eigenvalue weighted by molar-refractivity contribution is 6.10. The Bertz CT molecular complexity index is 1160. The van der Waals surface area contributed by atoms with Gasteiger partial charge in [0.25, 0.3) is 5.91 Å². The van der Waals surface area contributed by atoms with E-state index < -0.39 is 35.3 Å². The summed E-state index contributed by atoms with van der Waals surface area (Å²) in [6.45, 7) is 6.38. The van der Waals surface area contributed by atoms with Crippen LogP contribution in [0, 0.1) is 22.9 Å². The van der Waals surface area contributed by atoms with E-state index in [-0.39, 0.29) is 53.3 Å². The molecule has 2 aromatic rings. The molecule has 0 aliphatic carbocycles. The molecule has 0 spiro atoms. The first-order chi connectivity index (χ1) is 15.4. The molecule has 2 aliphatic rings. The molecule has 0 aromatic heterocycles. The Morgan fingerprint density at radius 3 is 2.39 bits per heavy atom. The van der Waals surface area contributed by atoms with Crippen molar-refractivity contribution in [3.05, 3.63) is 53.3 Å². The monoisotopic (exact) mass is 459 g/mol. The molecule has 33 heavy (non-hydrogen) atoms. The summed E-state index contributed by atoms with van der Waals surface area (Å²) in [5, 5.41) is 2.71. The average Bonchev–Trinajstić information content (AvgIpc) is 2.84. The van der Waals surface area contributed by atoms with Crippen LogP contribution in [-0.4, -0.2) is 53.2 Å². The lowest BCUT2D eigenvalue weighted by molar-refractivity contribution is -0.137. The lowest BCUT2D eigenvalue weighted by Crippen LogP contribution is -2.59. The van der Waals surface area contributed by atoms with E-state index in [2.05, 4.69) is 5.32 Å². The van der Waals surface area contributed by atoms with E-state index in [1.54, 1.807) is 4.90 Å². The molecule has 1 unspecified atom stereocenters. The molecule has 0 saturated carbocycles. The highest BCUT2D eigenvalue weighted by Gasteiger charge is 2.40. The van der Waals surface area contributed by atoms with Crippen LogP contribution in [-0.2, 0) is 9.59 Å². The molecule has 2 heterocycles. The number of nitrogens with one attached hydrogen (secondary N) is 1. The van der Waals surface area contributed by atoms with E-state index in [1.807, 2.05) is 20.8 Å². The quantitative estimate of drug-likeness (QED) is 0.695. The fraction of sp³-hybridized carbons (Fsp3) is 0.375. The normalized spacial score (nSPS) is 18.4. The molecule has 1 N–H and O–H groups in total. The Kier molecular flexibility index (Phi) is 5.67. The van der Waals surface area contributed by atoms with Crippen LogP contribution in [0.4, 0.5) is 18.9 Å². The lowest BCUT2D eigenvalue weighted by atomic mass is 9.91. The molecule has 2 aliphatic heterocycles. The summed E-state index contributed by atoms with van der Waals surface area (Å²) in [4.78, 5) is 41.9. The van der Waals surface area contributed by atoms with Crippen LogP contribution in [0.5, 0.6) is 0 Å². The highest BCUT2D eigenvalue weighted by atomic mass is 19.2. The molecule has 0 bridgehead atoms. The largest absolute Gasteiger partial charge is 0.338 e. The van der Waals surface area contributed by atoms with Crippen LogP contribution >= 0.6 is 0 Å².